The van der Waals surface area contributed by atoms with Crippen molar-refractivity contribution in [2.24, 2.45) is 11.8 Å². The zero-order valence-corrected chi connectivity index (χ0v) is 13.0. The minimum Gasteiger partial charge on any atom is -0.323 e. The van der Waals surface area contributed by atoms with Gasteiger partial charge in [0.05, 0.1) is 12.2 Å². The number of rotatable bonds is 5. The molecule has 2 aliphatic rings. The summed E-state index contributed by atoms with van der Waals surface area (Å²) in [6.07, 6.45) is 7.85. The fourth-order valence-electron chi connectivity index (χ4n) is 3.76. The first kappa shape index (κ1) is 14.8. The Bertz CT molecular complexity index is 312. The average Bonchev–Trinajstić information content (AvgIpc) is 2.98. The van der Waals surface area contributed by atoms with Crippen LogP contribution < -0.4 is 5.32 Å². The largest absolute Gasteiger partial charge is 0.323 e. The van der Waals surface area contributed by atoms with Crippen LogP contribution in [-0.2, 0) is 4.79 Å². The van der Waals surface area contributed by atoms with Gasteiger partial charge in [0.25, 0.3) is 0 Å². The Morgan fingerprint density at radius 1 is 1.32 bits per heavy atom. The third-order valence-electron chi connectivity index (χ3n) is 5.11. The Balaban J connectivity index is 2.06. The third kappa shape index (κ3) is 3.13. The monoisotopic (exact) mass is 266 g/mol. The summed E-state index contributed by atoms with van der Waals surface area (Å²) in [7, 11) is 0. The molecule has 1 saturated heterocycles. The quantitative estimate of drug-likeness (QED) is 0.829. The fourth-order valence-corrected chi connectivity index (χ4v) is 3.76. The van der Waals surface area contributed by atoms with Crippen molar-refractivity contribution in [1.82, 2.24) is 10.2 Å². The van der Waals surface area contributed by atoms with Gasteiger partial charge in [0, 0.05) is 6.04 Å². The average molecular weight is 266 g/mol. The van der Waals surface area contributed by atoms with Crippen LogP contribution in [0.5, 0.6) is 0 Å². The van der Waals surface area contributed by atoms with Crippen LogP contribution in [0.3, 0.4) is 0 Å². The summed E-state index contributed by atoms with van der Waals surface area (Å²) >= 11 is 0. The van der Waals surface area contributed by atoms with Crippen LogP contribution in [0.15, 0.2) is 0 Å². The maximum atomic E-state index is 12.4. The van der Waals surface area contributed by atoms with Crippen molar-refractivity contribution in [3.8, 4) is 0 Å². The zero-order valence-electron chi connectivity index (χ0n) is 13.0. The van der Waals surface area contributed by atoms with Gasteiger partial charge in [0.2, 0.25) is 5.91 Å². The van der Waals surface area contributed by atoms with Gasteiger partial charge in [-0.3, -0.25) is 10.1 Å². The molecule has 4 atom stereocenters. The lowest BCUT2D eigenvalue weighted by Gasteiger charge is -2.35. The van der Waals surface area contributed by atoms with Gasteiger partial charge >= 0.3 is 0 Å². The molecule has 0 bridgehead atoms. The molecule has 1 aliphatic carbocycles. The topological polar surface area (TPSA) is 32.3 Å². The molecule has 1 heterocycles. The van der Waals surface area contributed by atoms with E-state index in [2.05, 4.69) is 31.0 Å². The van der Waals surface area contributed by atoms with Gasteiger partial charge in [0.1, 0.15) is 0 Å². The maximum absolute atomic E-state index is 12.4. The first-order valence-electron chi connectivity index (χ1n) is 8.12. The van der Waals surface area contributed by atoms with E-state index in [4.69, 9.17) is 0 Å². The lowest BCUT2D eigenvalue weighted by atomic mass is 9.97. The van der Waals surface area contributed by atoms with Gasteiger partial charge in [-0.25, -0.2) is 0 Å². The van der Waals surface area contributed by atoms with Crippen molar-refractivity contribution in [3.63, 3.8) is 0 Å². The fraction of sp³-hybridized carbons (Fsp3) is 0.938. The summed E-state index contributed by atoms with van der Waals surface area (Å²) in [5.74, 6) is 1.68. The van der Waals surface area contributed by atoms with Crippen LogP contribution in [-0.4, -0.2) is 29.1 Å². The summed E-state index contributed by atoms with van der Waals surface area (Å²) in [5, 5.41) is 3.54. The SMILES string of the molecule is CCC(C)CC(C)N1C(=O)C(C)NC1C1CCCC1. The van der Waals surface area contributed by atoms with Crippen molar-refractivity contribution in [1.29, 1.82) is 0 Å². The van der Waals surface area contributed by atoms with Gasteiger partial charge in [-0.2, -0.15) is 0 Å². The number of hydrogen-bond donors (Lipinski definition) is 1. The molecular weight excluding hydrogens is 236 g/mol. The Hall–Kier alpha value is -0.570. The van der Waals surface area contributed by atoms with Crippen molar-refractivity contribution in [2.75, 3.05) is 0 Å². The van der Waals surface area contributed by atoms with Crippen LogP contribution >= 0.6 is 0 Å². The van der Waals surface area contributed by atoms with Gasteiger partial charge in [-0.15, -0.1) is 0 Å². The molecule has 110 valence electrons. The molecule has 1 amide bonds. The minimum absolute atomic E-state index is 0.00461. The van der Waals surface area contributed by atoms with Gasteiger partial charge in [-0.05, 0) is 44.9 Å². The van der Waals surface area contributed by atoms with E-state index in [-0.39, 0.29) is 6.04 Å². The smallest absolute Gasteiger partial charge is 0.240 e. The lowest BCUT2D eigenvalue weighted by molar-refractivity contribution is -0.132. The molecule has 0 aromatic heterocycles. The van der Waals surface area contributed by atoms with Crippen LogP contribution in [0.2, 0.25) is 0 Å². The second kappa shape index (κ2) is 6.25. The molecule has 0 aromatic rings. The minimum atomic E-state index is 0.00461. The summed E-state index contributed by atoms with van der Waals surface area (Å²) in [5.41, 5.74) is 0. The Labute approximate surface area is 118 Å². The van der Waals surface area contributed by atoms with Crippen LogP contribution in [0, 0.1) is 11.8 Å². The summed E-state index contributed by atoms with van der Waals surface area (Å²) < 4.78 is 0. The molecule has 0 radical (unpaired) electrons. The number of amides is 1. The molecular formula is C16H30N2O. The predicted octanol–water partition coefficient (Wildman–Crippen LogP) is 3.15. The standard InChI is InChI=1S/C16H30N2O/c1-5-11(2)10-12(3)18-15(14-8-6-7-9-14)17-13(4)16(18)19/h11-15,17H,5-10H2,1-4H3. The molecule has 4 unspecified atom stereocenters. The van der Waals surface area contributed by atoms with Crippen LogP contribution in [0.4, 0.5) is 0 Å². The number of nitrogens with zero attached hydrogens (tertiary/aromatic N) is 1. The van der Waals surface area contributed by atoms with E-state index in [1.165, 1.54) is 32.1 Å². The van der Waals surface area contributed by atoms with Crippen LogP contribution in [0.1, 0.15) is 66.2 Å². The highest BCUT2D eigenvalue weighted by atomic mass is 16.2. The van der Waals surface area contributed by atoms with Crippen molar-refractivity contribution in [3.05, 3.63) is 0 Å². The molecule has 1 saturated carbocycles. The predicted molar refractivity (Wildman–Crippen MR) is 78.7 cm³/mol. The van der Waals surface area contributed by atoms with E-state index in [0.29, 0.717) is 30.0 Å². The summed E-state index contributed by atoms with van der Waals surface area (Å²) in [6, 6.07) is 0.371. The third-order valence-corrected chi connectivity index (χ3v) is 5.11. The van der Waals surface area contributed by atoms with Crippen molar-refractivity contribution < 1.29 is 4.79 Å². The van der Waals surface area contributed by atoms with Crippen molar-refractivity contribution in [2.45, 2.75) is 84.5 Å². The number of nitrogens with one attached hydrogen (secondary N) is 1. The Morgan fingerprint density at radius 3 is 2.53 bits per heavy atom. The van der Waals surface area contributed by atoms with E-state index in [9.17, 15) is 4.79 Å². The highest BCUT2D eigenvalue weighted by Gasteiger charge is 2.43. The molecule has 2 rings (SSSR count). The van der Waals surface area contributed by atoms with E-state index < -0.39 is 0 Å². The molecule has 0 aromatic carbocycles. The second-order valence-corrected chi connectivity index (χ2v) is 6.72. The molecule has 0 spiro atoms. The van der Waals surface area contributed by atoms with E-state index in [1.807, 2.05) is 6.92 Å². The van der Waals surface area contributed by atoms with E-state index in [0.717, 1.165) is 6.42 Å². The van der Waals surface area contributed by atoms with E-state index in [1.54, 1.807) is 0 Å². The second-order valence-electron chi connectivity index (χ2n) is 6.72. The molecule has 1 aliphatic heterocycles. The first-order chi connectivity index (χ1) is 9.04. The highest BCUT2D eigenvalue weighted by Crippen LogP contribution is 2.33. The Morgan fingerprint density at radius 2 is 1.95 bits per heavy atom. The molecule has 3 nitrogen and oxygen atoms in total. The lowest BCUT2D eigenvalue weighted by Crippen LogP contribution is -2.47. The van der Waals surface area contributed by atoms with Gasteiger partial charge < -0.3 is 4.90 Å². The first-order valence-corrected chi connectivity index (χ1v) is 8.12. The number of carbonyl (C=O) groups is 1. The number of hydrogen-bond acceptors (Lipinski definition) is 2. The highest BCUT2D eigenvalue weighted by molar-refractivity contribution is 5.84. The molecule has 2 fully saturated rings. The van der Waals surface area contributed by atoms with Gasteiger partial charge in [-0.1, -0.05) is 33.1 Å². The Kier molecular flexibility index (Phi) is 4.88. The summed E-state index contributed by atoms with van der Waals surface area (Å²) in [6.45, 7) is 8.77. The normalized spacial score (nSPS) is 32.0. The van der Waals surface area contributed by atoms with Crippen LogP contribution in [0.25, 0.3) is 0 Å². The van der Waals surface area contributed by atoms with E-state index >= 15 is 0 Å². The van der Waals surface area contributed by atoms with Gasteiger partial charge in [0.15, 0.2) is 0 Å². The molecule has 3 heteroatoms. The van der Waals surface area contributed by atoms with Crippen molar-refractivity contribution >= 4 is 5.91 Å². The molecule has 1 N–H and O–H groups in total. The number of carbonyl (C=O) groups excluding carboxylic acids is 1. The summed E-state index contributed by atoms with van der Waals surface area (Å²) in [4.78, 5) is 14.6. The zero-order chi connectivity index (χ0) is 14.0. The maximum Gasteiger partial charge on any atom is 0.240 e. The molecule has 19 heavy (non-hydrogen) atoms.